The Bertz CT molecular complexity index is 280. The van der Waals surface area contributed by atoms with E-state index < -0.39 is 0 Å². The number of unbranched alkanes of at least 4 members (excludes halogenated alkanes) is 2. The molecule has 0 aliphatic carbocycles. The number of thiophene rings is 1. The Hall–Kier alpha value is -0.150. The molecule has 0 saturated carbocycles. The average Bonchev–Trinajstić information content (AvgIpc) is 2.52. The molecule has 0 radical (unpaired) electrons. The standard InChI is InChI=1S/C10H13BrOS/c1-2-3-4-5-9(12)10-8(11)6-7-13-10/h6-7H,2-5H2,1H3. The maximum absolute atomic E-state index is 11.6. The molecule has 0 fully saturated rings. The molecule has 1 aromatic heterocycles. The van der Waals surface area contributed by atoms with E-state index in [-0.39, 0.29) is 5.78 Å². The van der Waals surface area contributed by atoms with Crippen LogP contribution in [0.25, 0.3) is 0 Å². The number of halogens is 1. The van der Waals surface area contributed by atoms with Crippen molar-refractivity contribution in [3.05, 3.63) is 20.8 Å². The van der Waals surface area contributed by atoms with Gasteiger partial charge in [-0.05, 0) is 33.8 Å². The largest absolute Gasteiger partial charge is 0.293 e. The third-order valence-corrected chi connectivity index (χ3v) is 3.76. The summed E-state index contributed by atoms with van der Waals surface area (Å²) in [7, 11) is 0. The highest BCUT2D eigenvalue weighted by atomic mass is 79.9. The zero-order chi connectivity index (χ0) is 9.68. The van der Waals surface area contributed by atoms with E-state index >= 15 is 0 Å². The Morgan fingerprint density at radius 1 is 1.54 bits per heavy atom. The Kier molecular flexibility index (Phi) is 4.67. The highest BCUT2D eigenvalue weighted by molar-refractivity contribution is 9.10. The van der Waals surface area contributed by atoms with Gasteiger partial charge < -0.3 is 0 Å². The normalized spacial score (nSPS) is 10.3. The van der Waals surface area contributed by atoms with Crippen LogP contribution in [0.15, 0.2) is 15.9 Å². The SMILES string of the molecule is CCCCCC(=O)c1sccc1Br. The molecule has 1 rings (SSSR count). The molecule has 72 valence electrons. The van der Waals surface area contributed by atoms with Crippen molar-refractivity contribution < 1.29 is 4.79 Å². The maximum atomic E-state index is 11.6. The van der Waals surface area contributed by atoms with Gasteiger partial charge in [0.05, 0.1) is 4.88 Å². The first-order chi connectivity index (χ1) is 6.25. The van der Waals surface area contributed by atoms with Crippen molar-refractivity contribution in [1.29, 1.82) is 0 Å². The molecule has 1 heterocycles. The molecule has 0 bridgehead atoms. The van der Waals surface area contributed by atoms with Gasteiger partial charge in [0.1, 0.15) is 0 Å². The van der Waals surface area contributed by atoms with Crippen LogP contribution in [0.2, 0.25) is 0 Å². The van der Waals surface area contributed by atoms with Crippen LogP contribution in [-0.4, -0.2) is 5.78 Å². The number of hydrogen-bond donors (Lipinski definition) is 0. The molecule has 0 aromatic carbocycles. The number of hydrogen-bond acceptors (Lipinski definition) is 2. The summed E-state index contributed by atoms with van der Waals surface area (Å²) in [5, 5.41) is 1.94. The smallest absolute Gasteiger partial charge is 0.173 e. The van der Waals surface area contributed by atoms with Gasteiger partial charge in [-0.15, -0.1) is 11.3 Å². The highest BCUT2D eigenvalue weighted by Gasteiger charge is 2.10. The summed E-state index contributed by atoms with van der Waals surface area (Å²) < 4.78 is 0.944. The van der Waals surface area contributed by atoms with Gasteiger partial charge in [-0.25, -0.2) is 0 Å². The van der Waals surface area contributed by atoms with Crippen LogP contribution in [0.1, 0.15) is 42.3 Å². The summed E-state index contributed by atoms with van der Waals surface area (Å²) >= 11 is 4.88. The van der Waals surface area contributed by atoms with Gasteiger partial charge in [-0.3, -0.25) is 4.79 Å². The third kappa shape index (κ3) is 3.24. The fraction of sp³-hybridized carbons (Fsp3) is 0.500. The molecular weight excluding hydrogens is 248 g/mol. The zero-order valence-corrected chi connectivity index (χ0v) is 10.1. The van der Waals surface area contributed by atoms with Crippen molar-refractivity contribution in [2.75, 3.05) is 0 Å². The molecule has 0 saturated heterocycles. The minimum atomic E-state index is 0.273. The fourth-order valence-electron chi connectivity index (χ4n) is 1.14. The molecule has 0 spiro atoms. The van der Waals surface area contributed by atoms with Crippen LogP contribution in [-0.2, 0) is 0 Å². The van der Waals surface area contributed by atoms with E-state index in [0.29, 0.717) is 6.42 Å². The van der Waals surface area contributed by atoms with Gasteiger partial charge in [0.15, 0.2) is 5.78 Å². The van der Waals surface area contributed by atoms with Crippen molar-refractivity contribution in [2.45, 2.75) is 32.6 Å². The molecule has 0 aliphatic rings. The lowest BCUT2D eigenvalue weighted by atomic mass is 10.1. The quantitative estimate of drug-likeness (QED) is 0.571. The van der Waals surface area contributed by atoms with Crippen LogP contribution < -0.4 is 0 Å². The highest BCUT2D eigenvalue weighted by Crippen LogP contribution is 2.24. The Labute approximate surface area is 91.3 Å². The molecule has 0 atom stereocenters. The lowest BCUT2D eigenvalue weighted by Crippen LogP contribution is -1.96. The van der Waals surface area contributed by atoms with Gasteiger partial charge in [-0.2, -0.15) is 0 Å². The Morgan fingerprint density at radius 3 is 2.85 bits per heavy atom. The molecule has 3 heteroatoms. The summed E-state index contributed by atoms with van der Waals surface area (Å²) in [6.07, 6.45) is 4.01. The van der Waals surface area contributed by atoms with E-state index in [2.05, 4.69) is 22.9 Å². The van der Waals surface area contributed by atoms with Crippen LogP contribution in [0.3, 0.4) is 0 Å². The van der Waals surface area contributed by atoms with Crippen LogP contribution in [0.5, 0.6) is 0 Å². The number of carbonyl (C=O) groups excluding carboxylic acids is 1. The van der Waals surface area contributed by atoms with Crippen molar-refractivity contribution in [2.24, 2.45) is 0 Å². The topological polar surface area (TPSA) is 17.1 Å². The average molecular weight is 261 g/mol. The minimum absolute atomic E-state index is 0.273. The van der Waals surface area contributed by atoms with E-state index in [1.807, 2.05) is 11.4 Å². The van der Waals surface area contributed by atoms with Crippen molar-refractivity contribution in [1.82, 2.24) is 0 Å². The first-order valence-electron chi connectivity index (χ1n) is 4.52. The van der Waals surface area contributed by atoms with Gasteiger partial charge in [0, 0.05) is 10.9 Å². The monoisotopic (exact) mass is 260 g/mol. The second-order valence-electron chi connectivity index (χ2n) is 2.98. The van der Waals surface area contributed by atoms with Crippen LogP contribution in [0.4, 0.5) is 0 Å². The number of carbonyl (C=O) groups is 1. The number of ketones is 1. The molecule has 0 unspecified atom stereocenters. The van der Waals surface area contributed by atoms with E-state index in [9.17, 15) is 4.79 Å². The van der Waals surface area contributed by atoms with Crippen LogP contribution >= 0.6 is 27.3 Å². The molecule has 0 N–H and O–H groups in total. The summed E-state index contributed by atoms with van der Waals surface area (Å²) in [6.45, 7) is 2.14. The van der Waals surface area contributed by atoms with Gasteiger partial charge in [-0.1, -0.05) is 19.8 Å². The molecule has 0 aliphatic heterocycles. The third-order valence-electron chi connectivity index (χ3n) is 1.88. The second kappa shape index (κ2) is 5.55. The lowest BCUT2D eigenvalue weighted by molar-refractivity contribution is 0.0982. The van der Waals surface area contributed by atoms with Crippen molar-refractivity contribution >= 4 is 33.0 Å². The second-order valence-corrected chi connectivity index (χ2v) is 4.75. The Morgan fingerprint density at radius 2 is 2.31 bits per heavy atom. The molecule has 1 aromatic rings. The molecule has 1 nitrogen and oxygen atoms in total. The predicted molar refractivity (Wildman–Crippen MR) is 60.5 cm³/mol. The Balaban J connectivity index is 2.45. The van der Waals surface area contributed by atoms with Crippen molar-refractivity contribution in [3.63, 3.8) is 0 Å². The van der Waals surface area contributed by atoms with Gasteiger partial charge >= 0.3 is 0 Å². The first-order valence-corrected chi connectivity index (χ1v) is 6.19. The van der Waals surface area contributed by atoms with Gasteiger partial charge in [0.2, 0.25) is 0 Å². The minimum Gasteiger partial charge on any atom is -0.293 e. The van der Waals surface area contributed by atoms with E-state index in [4.69, 9.17) is 0 Å². The molecular formula is C10H13BrOS. The lowest BCUT2D eigenvalue weighted by Gasteiger charge is -1.97. The maximum Gasteiger partial charge on any atom is 0.173 e. The zero-order valence-electron chi connectivity index (χ0n) is 7.68. The summed E-state index contributed by atoms with van der Waals surface area (Å²) in [6, 6.07) is 1.93. The van der Waals surface area contributed by atoms with E-state index in [0.717, 1.165) is 22.2 Å². The summed E-state index contributed by atoms with van der Waals surface area (Å²) in [5.41, 5.74) is 0. The first kappa shape index (κ1) is 10.9. The fourth-order valence-corrected chi connectivity index (χ4v) is 2.70. The predicted octanol–water partition coefficient (Wildman–Crippen LogP) is 4.27. The summed E-state index contributed by atoms with van der Waals surface area (Å²) in [4.78, 5) is 12.5. The molecule has 0 amide bonds. The summed E-state index contributed by atoms with van der Waals surface area (Å²) in [5.74, 6) is 0.273. The van der Waals surface area contributed by atoms with E-state index in [1.54, 1.807) is 0 Å². The van der Waals surface area contributed by atoms with Crippen molar-refractivity contribution in [3.8, 4) is 0 Å². The van der Waals surface area contributed by atoms with E-state index in [1.165, 1.54) is 17.8 Å². The van der Waals surface area contributed by atoms with Crippen LogP contribution in [0, 0.1) is 0 Å². The van der Waals surface area contributed by atoms with Gasteiger partial charge in [0.25, 0.3) is 0 Å². The number of Topliss-reactive ketones (excluding diaryl/α,β-unsaturated/α-hetero) is 1. The molecule has 13 heavy (non-hydrogen) atoms. The number of rotatable bonds is 5.